The lowest BCUT2D eigenvalue weighted by Crippen LogP contribution is -2.38. The fourth-order valence-electron chi connectivity index (χ4n) is 3.29. The highest BCUT2D eigenvalue weighted by Gasteiger charge is 2.28. The number of aryl methyl sites for hydroxylation is 1. The van der Waals surface area contributed by atoms with Crippen molar-refractivity contribution < 1.29 is 18.0 Å². The maximum absolute atomic E-state index is 13.5. The van der Waals surface area contributed by atoms with Crippen LogP contribution < -0.4 is 14.9 Å². The Labute approximate surface area is 211 Å². The van der Waals surface area contributed by atoms with Gasteiger partial charge in [-0.05, 0) is 62.2 Å². The monoisotopic (exact) mass is 513 g/mol. The third kappa shape index (κ3) is 6.41. The minimum atomic E-state index is -4.08. The number of sulfonamides is 1. The number of anilines is 2. The molecule has 0 spiro atoms. The number of halogens is 1. The molecule has 0 saturated heterocycles. The Hall–Kier alpha value is -3.36. The van der Waals surface area contributed by atoms with Gasteiger partial charge in [0.15, 0.2) is 0 Å². The lowest BCUT2D eigenvalue weighted by atomic mass is 10.1. The van der Waals surface area contributed by atoms with Crippen molar-refractivity contribution >= 4 is 44.8 Å². The van der Waals surface area contributed by atoms with Crippen molar-refractivity contribution in [3.05, 3.63) is 88.9 Å². The molecule has 0 heterocycles. The van der Waals surface area contributed by atoms with Crippen molar-refractivity contribution in [2.75, 3.05) is 16.2 Å². The Morgan fingerprint density at radius 2 is 1.66 bits per heavy atom. The van der Waals surface area contributed by atoms with Crippen molar-refractivity contribution in [2.45, 2.75) is 38.1 Å². The van der Waals surface area contributed by atoms with Crippen molar-refractivity contribution in [1.82, 2.24) is 5.32 Å². The van der Waals surface area contributed by atoms with Gasteiger partial charge in [-0.2, -0.15) is 0 Å². The molecule has 2 N–H and O–H groups in total. The van der Waals surface area contributed by atoms with E-state index in [2.05, 4.69) is 10.6 Å². The van der Waals surface area contributed by atoms with Gasteiger partial charge in [0.05, 0.1) is 21.8 Å². The van der Waals surface area contributed by atoms with Gasteiger partial charge in [0.2, 0.25) is 5.91 Å². The average Bonchev–Trinajstić information content (AvgIpc) is 2.85. The third-order valence-electron chi connectivity index (χ3n) is 5.50. The molecular formula is C26H28ClN3O4S. The first-order valence-electron chi connectivity index (χ1n) is 11.2. The van der Waals surface area contributed by atoms with Crippen LogP contribution in [-0.4, -0.2) is 32.8 Å². The molecule has 0 aromatic heterocycles. The Morgan fingerprint density at radius 3 is 2.31 bits per heavy atom. The van der Waals surface area contributed by atoms with E-state index in [9.17, 15) is 18.0 Å². The van der Waals surface area contributed by atoms with E-state index in [1.54, 1.807) is 61.5 Å². The number of hydrogen-bond acceptors (Lipinski definition) is 4. The van der Waals surface area contributed by atoms with Crippen molar-refractivity contribution in [2.24, 2.45) is 0 Å². The van der Waals surface area contributed by atoms with E-state index in [1.165, 1.54) is 18.2 Å². The molecule has 35 heavy (non-hydrogen) atoms. The van der Waals surface area contributed by atoms with E-state index >= 15 is 0 Å². The number of para-hydroxylation sites is 1. The van der Waals surface area contributed by atoms with E-state index in [4.69, 9.17) is 11.6 Å². The van der Waals surface area contributed by atoms with Crippen LogP contribution in [0.15, 0.2) is 77.7 Å². The van der Waals surface area contributed by atoms with E-state index in [0.717, 1.165) is 16.3 Å². The number of nitrogens with one attached hydrogen (secondary N) is 2. The van der Waals surface area contributed by atoms with Gasteiger partial charge in [-0.25, -0.2) is 8.42 Å². The summed E-state index contributed by atoms with van der Waals surface area (Å²) in [4.78, 5) is 25.8. The van der Waals surface area contributed by atoms with Crippen LogP contribution in [0.2, 0.25) is 5.02 Å². The van der Waals surface area contributed by atoms with Gasteiger partial charge in [0.25, 0.3) is 15.9 Å². The summed E-state index contributed by atoms with van der Waals surface area (Å²) in [6.07, 6.45) is 0.756. The molecule has 7 nitrogen and oxygen atoms in total. The first kappa shape index (κ1) is 26.2. The predicted molar refractivity (Wildman–Crippen MR) is 139 cm³/mol. The van der Waals surface area contributed by atoms with Crippen LogP contribution in [0.4, 0.5) is 11.4 Å². The molecule has 9 heteroatoms. The Balaban J connectivity index is 1.93. The quantitative estimate of drug-likeness (QED) is 0.420. The van der Waals surface area contributed by atoms with Gasteiger partial charge in [-0.1, -0.05) is 54.9 Å². The number of carbonyl (C=O) groups excluding carboxylic acids is 2. The number of amides is 2. The third-order valence-corrected chi connectivity index (χ3v) is 7.69. The molecule has 0 aliphatic rings. The number of hydrogen-bond donors (Lipinski definition) is 2. The molecule has 0 radical (unpaired) electrons. The minimum Gasteiger partial charge on any atom is -0.350 e. The minimum absolute atomic E-state index is 0.0379. The maximum Gasteiger partial charge on any atom is 0.264 e. The zero-order valence-corrected chi connectivity index (χ0v) is 21.4. The van der Waals surface area contributed by atoms with Gasteiger partial charge in [0.1, 0.15) is 6.54 Å². The van der Waals surface area contributed by atoms with Crippen LogP contribution in [0.5, 0.6) is 0 Å². The van der Waals surface area contributed by atoms with Gasteiger partial charge >= 0.3 is 0 Å². The van der Waals surface area contributed by atoms with Crippen molar-refractivity contribution in [3.63, 3.8) is 0 Å². The molecule has 1 atom stereocenters. The number of nitrogens with zero attached hydrogens (tertiary/aromatic N) is 1. The van der Waals surface area contributed by atoms with Crippen LogP contribution in [0, 0.1) is 6.92 Å². The topological polar surface area (TPSA) is 95.6 Å². The molecule has 2 amide bonds. The molecule has 0 saturated carbocycles. The number of benzene rings is 3. The second-order valence-corrected chi connectivity index (χ2v) is 10.4. The molecule has 184 valence electrons. The van der Waals surface area contributed by atoms with Crippen LogP contribution >= 0.6 is 11.6 Å². The lowest BCUT2D eigenvalue weighted by molar-refractivity contribution is -0.114. The summed E-state index contributed by atoms with van der Waals surface area (Å²) >= 11 is 6.26. The van der Waals surface area contributed by atoms with E-state index in [1.807, 2.05) is 13.8 Å². The summed E-state index contributed by atoms with van der Waals surface area (Å²) in [7, 11) is -4.08. The predicted octanol–water partition coefficient (Wildman–Crippen LogP) is 5.01. The summed E-state index contributed by atoms with van der Waals surface area (Å²) in [5.41, 5.74) is 1.61. The highest BCUT2D eigenvalue weighted by molar-refractivity contribution is 7.92. The van der Waals surface area contributed by atoms with Crippen molar-refractivity contribution in [1.29, 1.82) is 0 Å². The van der Waals surface area contributed by atoms with Crippen LogP contribution in [0.25, 0.3) is 0 Å². The van der Waals surface area contributed by atoms with Gasteiger partial charge in [-0.3, -0.25) is 13.9 Å². The molecule has 0 unspecified atom stereocenters. The second-order valence-electron chi connectivity index (χ2n) is 8.13. The molecule has 3 rings (SSSR count). The largest absolute Gasteiger partial charge is 0.350 e. The van der Waals surface area contributed by atoms with Gasteiger partial charge < -0.3 is 10.6 Å². The van der Waals surface area contributed by atoms with Gasteiger partial charge in [-0.15, -0.1) is 0 Å². The van der Waals surface area contributed by atoms with E-state index in [-0.39, 0.29) is 33.8 Å². The highest BCUT2D eigenvalue weighted by Crippen LogP contribution is 2.28. The summed E-state index contributed by atoms with van der Waals surface area (Å²) in [6, 6.07) is 19.2. The average molecular weight is 514 g/mol. The molecule has 3 aromatic rings. The second kappa shape index (κ2) is 11.4. The first-order chi connectivity index (χ1) is 16.6. The summed E-state index contributed by atoms with van der Waals surface area (Å²) in [6.45, 7) is 5.13. The molecule has 0 fully saturated rings. The highest BCUT2D eigenvalue weighted by atomic mass is 35.5. The molecule has 0 bridgehead atoms. The fraction of sp³-hybridized carbons (Fsp3) is 0.231. The van der Waals surface area contributed by atoms with Crippen LogP contribution in [-0.2, 0) is 14.8 Å². The molecule has 0 aliphatic heterocycles. The smallest absolute Gasteiger partial charge is 0.264 e. The van der Waals surface area contributed by atoms with Crippen molar-refractivity contribution in [3.8, 4) is 0 Å². The molecule has 3 aromatic carbocycles. The van der Waals surface area contributed by atoms with Crippen LogP contribution in [0.3, 0.4) is 0 Å². The normalized spacial score (nSPS) is 12.0. The fourth-order valence-corrected chi connectivity index (χ4v) is 4.89. The maximum atomic E-state index is 13.5. The van der Waals surface area contributed by atoms with Crippen LogP contribution in [0.1, 0.15) is 36.2 Å². The SMILES string of the molecule is CC[C@H](C)NC(=O)c1ccccc1NC(=O)CN(c1ccc(C)c(Cl)c1)S(=O)(=O)c1ccccc1. The number of carbonyl (C=O) groups is 2. The zero-order chi connectivity index (χ0) is 25.6. The summed E-state index contributed by atoms with van der Waals surface area (Å²) in [5, 5.41) is 5.94. The Bertz CT molecular complexity index is 1310. The standard InChI is InChI=1S/C26H28ClN3O4S/c1-4-19(3)28-26(32)22-12-8-9-13-24(22)29-25(31)17-30(20-15-14-18(2)23(27)16-20)35(33,34)21-10-6-5-7-11-21/h5-16,19H,4,17H2,1-3H3,(H,28,32)(H,29,31)/t19-/m0/s1. The Kier molecular flexibility index (Phi) is 8.53. The van der Waals surface area contributed by atoms with Gasteiger partial charge in [0, 0.05) is 11.1 Å². The zero-order valence-electron chi connectivity index (χ0n) is 19.8. The summed E-state index contributed by atoms with van der Waals surface area (Å²) < 4.78 is 28.0. The van der Waals surface area contributed by atoms with E-state index in [0.29, 0.717) is 5.02 Å². The van der Waals surface area contributed by atoms with E-state index < -0.39 is 22.5 Å². The summed E-state index contributed by atoms with van der Waals surface area (Å²) in [5.74, 6) is -0.931. The lowest BCUT2D eigenvalue weighted by Gasteiger charge is -2.25. The number of rotatable bonds is 9. The first-order valence-corrected chi connectivity index (χ1v) is 13.0. The Morgan fingerprint density at radius 1 is 1.00 bits per heavy atom. The molecular weight excluding hydrogens is 486 g/mol. The molecule has 0 aliphatic carbocycles.